The van der Waals surface area contributed by atoms with Crippen LogP contribution >= 0.6 is 30.1 Å². The van der Waals surface area contributed by atoms with E-state index in [1.165, 1.54) is 0 Å². The molecule has 0 fully saturated rings. The molecule has 0 aliphatic rings. The zero-order chi connectivity index (χ0) is 6.99. The van der Waals surface area contributed by atoms with Crippen molar-refractivity contribution >= 4 is 41.5 Å². The summed E-state index contributed by atoms with van der Waals surface area (Å²) >= 11 is -1.72. The van der Waals surface area contributed by atoms with Crippen LogP contribution in [0.1, 0.15) is 13.3 Å². The van der Waals surface area contributed by atoms with E-state index in [4.69, 9.17) is 35.3 Å². The average Bonchev–Trinajstić information content (AvgIpc) is 1.65. The highest BCUT2D eigenvalue weighted by atomic mass is 35.8. The van der Waals surface area contributed by atoms with Crippen molar-refractivity contribution < 1.29 is 5.11 Å². The SMILES string of the molecule is CCCO.[Cl][Al]([Cl])[Cl]. The fourth-order valence-electron chi connectivity index (χ4n) is 0. The maximum atomic E-state index is 7.88. The lowest BCUT2D eigenvalue weighted by atomic mass is 10.5. The second kappa shape index (κ2) is 11.2. The fraction of sp³-hybridized carbons (Fsp3) is 1.00. The van der Waals surface area contributed by atoms with Gasteiger partial charge >= 0.3 is 11.4 Å². The molecule has 0 unspecified atom stereocenters. The molecule has 0 aliphatic carbocycles. The van der Waals surface area contributed by atoms with Crippen molar-refractivity contribution in [2.45, 2.75) is 13.3 Å². The third kappa shape index (κ3) is 53.4. The van der Waals surface area contributed by atoms with Crippen molar-refractivity contribution in [1.29, 1.82) is 0 Å². The van der Waals surface area contributed by atoms with Crippen LogP contribution in [0.4, 0.5) is 0 Å². The fourth-order valence-corrected chi connectivity index (χ4v) is 0. The van der Waals surface area contributed by atoms with E-state index in [-0.39, 0.29) is 0 Å². The van der Waals surface area contributed by atoms with Crippen molar-refractivity contribution in [3.8, 4) is 0 Å². The average molecular weight is 193 g/mol. The first kappa shape index (κ1) is 12.1. The molecule has 0 radical (unpaired) electrons. The maximum Gasteiger partial charge on any atom is 0.643 e. The minimum Gasteiger partial charge on any atom is -0.396 e. The third-order valence-electron chi connectivity index (χ3n) is 0.224. The summed E-state index contributed by atoms with van der Waals surface area (Å²) in [6, 6.07) is 0. The van der Waals surface area contributed by atoms with Gasteiger partial charge in [-0.3, -0.25) is 0 Å². The molecule has 0 aromatic carbocycles. The predicted octanol–water partition coefficient (Wildman–Crippen LogP) is 2.08. The van der Waals surface area contributed by atoms with Gasteiger partial charge in [-0.2, -0.15) is 0 Å². The van der Waals surface area contributed by atoms with Crippen molar-refractivity contribution in [3.05, 3.63) is 0 Å². The van der Waals surface area contributed by atoms with Gasteiger partial charge in [0.25, 0.3) is 0 Å². The molecular formula is C3H8AlCl3O. The van der Waals surface area contributed by atoms with E-state index in [1.54, 1.807) is 0 Å². The van der Waals surface area contributed by atoms with Crippen molar-refractivity contribution in [2.75, 3.05) is 6.61 Å². The van der Waals surface area contributed by atoms with Gasteiger partial charge in [0.05, 0.1) is 0 Å². The van der Waals surface area contributed by atoms with Crippen LogP contribution in [0.15, 0.2) is 0 Å². The summed E-state index contributed by atoms with van der Waals surface area (Å²) in [7, 11) is 14.8. The van der Waals surface area contributed by atoms with Gasteiger partial charge in [-0.15, -0.1) is 0 Å². The van der Waals surface area contributed by atoms with Crippen LogP contribution in [-0.4, -0.2) is 23.1 Å². The topological polar surface area (TPSA) is 20.2 Å². The number of rotatable bonds is 1. The summed E-state index contributed by atoms with van der Waals surface area (Å²) in [6.07, 6.45) is 0.875. The van der Waals surface area contributed by atoms with Crippen molar-refractivity contribution in [2.24, 2.45) is 0 Å². The zero-order valence-corrected chi connectivity index (χ0v) is 8.00. The van der Waals surface area contributed by atoms with Gasteiger partial charge in [-0.1, -0.05) is 6.92 Å². The first-order valence-corrected chi connectivity index (χ1v) is 7.42. The molecular weight excluding hydrogens is 185 g/mol. The Bertz CT molecular complexity index is 31.0. The standard InChI is InChI=1S/C3H8O.Al.3ClH/c1-2-3-4;;;;/h4H,2-3H2,1H3;;3*1H/q;+3;;;/p-3. The highest BCUT2D eigenvalue weighted by molar-refractivity contribution is 7.54. The highest BCUT2D eigenvalue weighted by Crippen LogP contribution is 1.97. The molecule has 0 saturated carbocycles. The van der Waals surface area contributed by atoms with E-state index in [0.29, 0.717) is 6.61 Å². The summed E-state index contributed by atoms with van der Waals surface area (Å²) in [6.45, 7) is 2.25. The number of hydrogen-bond donors (Lipinski definition) is 1. The molecule has 0 amide bonds. The zero-order valence-electron chi connectivity index (χ0n) is 4.57. The van der Waals surface area contributed by atoms with Crippen LogP contribution in [0.2, 0.25) is 0 Å². The molecule has 0 aromatic rings. The lowest BCUT2D eigenvalue weighted by Crippen LogP contribution is -1.69. The van der Waals surface area contributed by atoms with E-state index < -0.39 is 11.4 Å². The van der Waals surface area contributed by atoms with Gasteiger partial charge < -0.3 is 5.11 Å². The van der Waals surface area contributed by atoms with Crippen LogP contribution in [0, 0.1) is 0 Å². The summed E-state index contributed by atoms with van der Waals surface area (Å²) in [4.78, 5) is 0. The van der Waals surface area contributed by atoms with Crippen LogP contribution < -0.4 is 0 Å². The summed E-state index contributed by atoms with van der Waals surface area (Å²) in [5, 5.41) is 7.88. The van der Waals surface area contributed by atoms with Gasteiger partial charge in [0.1, 0.15) is 0 Å². The van der Waals surface area contributed by atoms with E-state index in [2.05, 4.69) is 0 Å². The van der Waals surface area contributed by atoms with Gasteiger partial charge in [-0.25, -0.2) is 30.1 Å². The van der Waals surface area contributed by atoms with Gasteiger partial charge in [0.2, 0.25) is 0 Å². The van der Waals surface area contributed by atoms with Crippen LogP contribution in [-0.2, 0) is 0 Å². The Balaban J connectivity index is 0. The van der Waals surface area contributed by atoms with E-state index >= 15 is 0 Å². The Morgan fingerprint density at radius 1 is 1.38 bits per heavy atom. The van der Waals surface area contributed by atoms with Crippen molar-refractivity contribution in [3.63, 3.8) is 0 Å². The number of aliphatic hydroxyl groups excluding tert-OH is 1. The number of aliphatic hydroxyl groups is 1. The summed E-state index contributed by atoms with van der Waals surface area (Å²) in [5.41, 5.74) is 0. The van der Waals surface area contributed by atoms with Crippen LogP contribution in [0.5, 0.6) is 0 Å². The Hall–Kier alpha value is 1.36. The first-order valence-electron chi connectivity index (χ1n) is 2.18. The maximum absolute atomic E-state index is 7.88. The monoisotopic (exact) mass is 192 g/mol. The quantitative estimate of drug-likeness (QED) is 0.632. The molecule has 0 bridgehead atoms. The molecule has 0 heterocycles. The lowest BCUT2D eigenvalue weighted by Gasteiger charge is -1.69. The second-order valence-electron chi connectivity index (χ2n) is 0.971. The molecule has 0 saturated heterocycles. The molecule has 0 aliphatic heterocycles. The molecule has 0 spiro atoms. The van der Waals surface area contributed by atoms with Crippen molar-refractivity contribution in [1.82, 2.24) is 0 Å². The normalized spacial score (nSPS) is 7.12. The molecule has 8 heavy (non-hydrogen) atoms. The van der Waals surface area contributed by atoms with Gasteiger partial charge in [0, 0.05) is 6.61 Å². The van der Waals surface area contributed by atoms with Crippen LogP contribution in [0.3, 0.4) is 0 Å². The van der Waals surface area contributed by atoms with Gasteiger partial charge in [0.15, 0.2) is 0 Å². The van der Waals surface area contributed by atoms with E-state index in [1.807, 2.05) is 6.92 Å². The highest BCUT2D eigenvalue weighted by Gasteiger charge is 2.00. The third-order valence-corrected chi connectivity index (χ3v) is 0.224. The Labute approximate surface area is 66.5 Å². The Morgan fingerprint density at radius 3 is 1.50 bits per heavy atom. The summed E-state index contributed by atoms with van der Waals surface area (Å²) in [5.74, 6) is 0. The first-order chi connectivity index (χ1) is 3.65. The van der Waals surface area contributed by atoms with E-state index in [9.17, 15) is 0 Å². The predicted molar refractivity (Wildman–Crippen MR) is 40.7 cm³/mol. The van der Waals surface area contributed by atoms with Crippen LogP contribution in [0.25, 0.3) is 0 Å². The molecule has 1 nitrogen and oxygen atoms in total. The summed E-state index contributed by atoms with van der Waals surface area (Å²) < 4.78 is 0. The minimum atomic E-state index is -1.72. The number of hydrogen-bond acceptors (Lipinski definition) is 1. The van der Waals surface area contributed by atoms with E-state index in [0.717, 1.165) is 6.42 Å². The number of halogens is 3. The Morgan fingerprint density at radius 2 is 1.50 bits per heavy atom. The molecule has 0 atom stereocenters. The molecule has 50 valence electrons. The minimum absolute atomic E-state index is 0.319. The lowest BCUT2D eigenvalue weighted by molar-refractivity contribution is 0.295. The second-order valence-corrected chi connectivity index (χ2v) is 7.40. The Kier molecular flexibility index (Phi) is 16.9. The van der Waals surface area contributed by atoms with Gasteiger partial charge in [-0.05, 0) is 6.42 Å². The molecule has 0 aromatic heterocycles. The smallest absolute Gasteiger partial charge is 0.396 e. The largest absolute Gasteiger partial charge is 0.643 e. The molecule has 0 rings (SSSR count). The molecule has 1 N–H and O–H groups in total. The molecule has 5 heteroatoms.